The second kappa shape index (κ2) is 6.92. The molecule has 4 rings (SSSR count). The van der Waals surface area contributed by atoms with E-state index in [4.69, 9.17) is 0 Å². The van der Waals surface area contributed by atoms with E-state index in [-0.39, 0.29) is 5.91 Å². The van der Waals surface area contributed by atoms with Crippen LogP contribution in [0.1, 0.15) is 27.4 Å². The first-order valence-corrected chi connectivity index (χ1v) is 8.59. The number of anilines is 2. The zero-order chi connectivity index (χ0) is 17.9. The molecule has 0 saturated carbocycles. The van der Waals surface area contributed by atoms with Gasteiger partial charge in [0.2, 0.25) is 0 Å². The van der Waals surface area contributed by atoms with Crippen LogP contribution in [0.2, 0.25) is 0 Å². The van der Waals surface area contributed by atoms with Gasteiger partial charge in [0.05, 0.1) is 0 Å². The van der Waals surface area contributed by atoms with Gasteiger partial charge in [-0.1, -0.05) is 24.3 Å². The molecule has 130 valence electrons. The van der Waals surface area contributed by atoms with Crippen LogP contribution in [0.15, 0.2) is 54.9 Å². The number of hydrogen-bond acceptors (Lipinski definition) is 5. The number of carbonyl (C=O) groups is 1. The smallest absolute Gasteiger partial charge is 0.270 e. The van der Waals surface area contributed by atoms with Crippen molar-refractivity contribution in [2.75, 3.05) is 11.4 Å². The molecule has 0 atom stereocenters. The van der Waals surface area contributed by atoms with Crippen LogP contribution in [0.4, 0.5) is 11.5 Å². The lowest BCUT2D eigenvalue weighted by Crippen LogP contribution is -2.25. The first-order valence-electron chi connectivity index (χ1n) is 8.59. The van der Waals surface area contributed by atoms with Gasteiger partial charge in [-0.3, -0.25) is 9.78 Å². The van der Waals surface area contributed by atoms with Crippen molar-refractivity contribution in [2.24, 2.45) is 0 Å². The van der Waals surface area contributed by atoms with Gasteiger partial charge < -0.3 is 10.2 Å². The fourth-order valence-corrected chi connectivity index (χ4v) is 3.16. The molecule has 0 aliphatic carbocycles. The Labute approximate surface area is 151 Å². The third kappa shape index (κ3) is 3.26. The Kier molecular flexibility index (Phi) is 4.31. The third-order valence-corrected chi connectivity index (χ3v) is 4.40. The summed E-state index contributed by atoms with van der Waals surface area (Å²) in [6.45, 7) is 3.08. The number of pyridine rings is 1. The van der Waals surface area contributed by atoms with Crippen molar-refractivity contribution in [3.63, 3.8) is 0 Å². The molecule has 3 aromatic rings. The van der Waals surface area contributed by atoms with Gasteiger partial charge in [0.1, 0.15) is 17.3 Å². The zero-order valence-corrected chi connectivity index (χ0v) is 14.5. The maximum absolute atomic E-state index is 12.5. The van der Waals surface area contributed by atoms with Crippen molar-refractivity contribution in [2.45, 2.75) is 19.9 Å². The maximum atomic E-state index is 12.5. The lowest BCUT2D eigenvalue weighted by Gasteiger charge is -2.19. The van der Waals surface area contributed by atoms with Gasteiger partial charge in [-0.15, -0.1) is 0 Å². The van der Waals surface area contributed by atoms with Gasteiger partial charge in [-0.25, -0.2) is 9.97 Å². The number of benzene rings is 1. The van der Waals surface area contributed by atoms with E-state index >= 15 is 0 Å². The van der Waals surface area contributed by atoms with Crippen LogP contribution in [0.5, 0.6) is 0 Å². The van der Waals surface area contributed by atoms with E-state index in [1.54, 1.807) is 18.5 Å². The minimum atomic E-state index is -0.215. The molecular weight excluding hydrogens is 326 g/mol. The van der Waals surface area contributed by atoms with E-state index in [1.807, 2.05) is 31.2 Å². The number of amides is 1. The molecule has 0 unspecified atom stereocenters. The number of para-hydroxylation sites is 1. The summed E-state index contributed by atoms with van der Waals surface area (Å²) in [6.07, 6.45) is 4.42. The highest BCUT2D eigenvalue weighted by atomic mass is 16.1. The van der Waals surface area contributed by atoms with Crippen LogP contribution in [-0.2, 0) is 13.0 Å². The standard InChI is InChI=1S/C20H19N5O/c1-14-23-17(20(26)22-13-15-5-4-9-21-12-15)11-19(24-14)25-10-8-16-6-2-3-7-18(16)25/h2-7,9,11-12H,8,10,13H2,1H3,(H,22,26). The molecule has 0 fully saturated rings. The molecule has 0 spiro atoms. The second-order valence-electron chi connectivity index (χ2n) is 6.23. The number of aromatic nitrogens is 3. The summed E-state index contributed by atoms with van der Waals surface area (Å²) in [5, 5.41) is 2.89. The summed E-state index contributed by atoms with van der Waals surface area (Å²) in [7, 11) is 0. The van der Waals surface area contributed by atoms with Gasteiger partial charge in [-0.05, 0) is 36.6 Å². The van der Waals surface area contributed by atoms with Crippen LogP contribution >= 0.6 is 0 Å². The number of nitrogens with zero attached hydrogens (tertiary/aromatic N) is 4. The highest BCUT2D eigenvalue weighted by Gasteiger charge is 2.22. The predicted octanol–water partition coefficient (Wildman–Crippen LogP) is 2.80. The van der Waals surface area contributed by atoms with Gasteiger partial charge in [0.15, 0.2) is 0 Å². The zero-order valence-electron chi connectivity index (χ0n) is 14.5. The summed E-state index contributed by atoms with van der Waals surface area (Å²) in [6, 6.07) is 13.8. The molecule has 26 heavy (non-hydrogen) atoms. The summed E-state index contributed by atoms with van der Waals surface area (Å²) in [4.78, 5) is 27.6. The number of fused-ring (bicyclic) bond motifs is 1. The van der Waals surface area contributed by atoms with Crippen molar-refractivity contribution in [1.82, 2.24) is 20.3 Å². The highest BCUT2D eigenvalue weighted by molar-refractivity contribution is 5.93. The van der Waals surface area contributed by atoms with Crippen molar-refractivity contribution < 1.29 is 4.79 Å². The molecule has 2 aromatic heterocycles. The van der Waals surface area contributed by atoms with Gasteiger partial charge in [-0.2, -0.15) is 0 Å². The Morgan fingerprint density at radius 1 is 1.19 bits per heavy atom. The van der Waals surface area contributed by atoms with Gasteiger partial charge in [0, 0.05) is 37.2 Å². The molecule has 0 saturated heterocycles. The molecule has 1 amide bonds. The predicted molar refractivity (Wildman–Crippen MR) is 99.3 cm³/mol. The lowest BCUT2D eigenvalue weighted by molar-refractivity contribution is 0.0945. The van der Waals surface area contributed by atoms with Crippen LogP contribution in [0.3, 0.4) is 0 Å². The monoisotopic (exact) mass is 345 g/mol. The summed E-state index contributed by atoms with van der Waals surface area (Å²) < 4.78 is 0. The van der Waals surface area contributed by atoms with E-state index in [1.165, 1.54) is 5.56 Å². The molecule has 0 radical (unpaired) electrons. The Morgan fingerprint density at radius 3 is 2.92 bits per heavy atom. The van der Waals surface area contributed by atoms with Crippen molar-refractivity contribution in [1.29, 1.82) is 0 Å². The van der Waals surface area contributed by atoms with Crippen LogP contribution in [-0.4, -0.2) is 27.4 Å². The fraction of sp³-hybridized carbons (Fsp3) is 0.200. The third-order valence-electron chi connectivity index (χ3n) is 4.40. The molecule has 6 heteroatoms. The van der Waals surface area contributed by atoms with Crippen LogP contribution in [0, 0.1) is 6.92 Å². The number of hydrogen-bond donors (Lipinski definition) is 1. The normalized spacial score (nSPS) is 12.7. The summed E-state index contributed by atoms with van der Waals surface area (Å²) in [5.74, 6) is 1.13. The SMILES string of the molecule is Cc1nc(C(=O)NCc2cccnc2)cc(N2CCc3ccccc32)n1. The molecular formula is C20H19N5O. The number of rotatable bonds is 4. The topological polar surface area (TPSA) is 71.0 Å². The number of nitrogens with one attached hydrogen (secondary N) is 1. The van der Waals surface area contributed by atoms with Crippen LogP contribution in [0.25, 0.3) is 0 Å². The molecule has 1 N–H and O–H groups in total. The lowest BCUT2D eigenvalue weighted by atomic mass is 10.2. The van der Waals surface area contributed by atoms with E-state index < -0.39 is 0 Å². The average molecular weight is 345 g/mol. The average Bonchev–Trinajstić information content (AvgIpc) is 3.10. The molecule has 0 bridgehead atoms. The summed E-state index contributed by atoms with van der Waals surface area (Å²) >= 11 is 0. The quantitative estimate of drug-likeness (QED) is 0.787. The molecule has 3 heterocycles. The Balaban J connectivity index is 1.56. The summed E-state index contributed by atoms with van der Waals surface area (Å²) in [5.41, 5.74) is 3.76. The number of carbonyl (C=O) groups excluding carboxylic acids is 1. The molecule has 6 nitrogen and oxygen atoms in total. The van der Waals surface area contributed by atoms with E-state index in [0.717, 1.165) is 30.0 Å². The van der Waals surface area contributed by atoms with Gasteiger partial charge >= 0.3 is 0 Å². The van der Waals surface area contributed by atoms with Crippen molar-refractivity contribution in [3.05, 3.63) is 77.5 Å². The molecule has 1 aromatic carbocycles. The van der Waals surface area contributed by atoms with Crippen molar-refractivity contribution >= 4 is 17.4 Å². The minimum absolute atomic E-state index is 0.215. The highest BCUT2D eigenvalue weighted by Crippen LogP contribution is 2.33. The van der Waals surface area contributed by atoms with Crippen molar-refractivity contribution in [3.8, 4) is 0 Å². The molecule has 1 aliphatic rings. The Morgan fingerprint density at radius 2 is 2.08 bits per heavy atom. The van der Waals surface area contributed by atoms with Gasteiger partial charge in [0.25, 0.3) is 5.91 Å². The first-order chi connectivity index (χ1) is 12.7. The van der Waals surface area contributed by atoms with E-state index in [0.29, 0.717) is 18.1 Å². The minimum Gasteiger partial charge on any atom is -0.347 e. The second-order valence-corrected chi connectivity index (χ2v) is 6.23. The Bertz CT molecular complexity index is 942. The maximum Gasteiger partial charge on any atom is 0.270 e. The first kappa shape index (κ1) is 16.2. The molecule has 1 aliphatic heterocycles. The number of aryl methyl sites for hydroxylation is 1. The fourth-order valence-electron chi connectivity index (χ4n) is 3.16. The van der Waals surface area contributed by atoms with E-state index in [9.17, 15) is 4.79 Å². The Hall–Kier alpha value is -3.28. The van der Waals surface area contributed by atoms with E-state index in [2.05, 4.69) is 37.3 Å². The largest absolute Gasteiger partial charge is 0.347 e. The van der Waals surface area contributed by atoms with Crippen LogP contribution < -0.4 is 10.2 Å².